The number of halogens is 2. The van der Waals surface area contributed by atoms with Crippen molar-refractivity contribution in [3.63, 3.8) is 0 Å². The number of anilines is 1. The molecule has 0 heterocycles. The molecule has 0 amide bonds. The molecule has 2 aromatic rings. The summed E-state index contributed by atoms with van der Waals surface area (Å²) in [6.45, 7) is 0. The van der Waals surface area contributed by atoms with Gasteiger partial charge in [-0.2, -0.15) is 5.26 Å². The Kier molecular flexibility index (Phi) is 3.45. The molecule has 1 unspecified atom stereocenters. The molecule has 0 bridgehead atoms. The van der Waals surface area contributed by atoms with Crippen molar-refractivity contribution < 1.29 is 4.39 Å². The van der Waals surface area contributed by atoms with Crippen molar-refractivity contribution in [2.45, 2.75) is 18.9 Å². The van der Waals surface area contributed by atoms with E-state index in [0.29, 0.717) is 11.3 Å². The van der Waals surface area contributed by atoms with E-state index in [1.165, 1.54) is 23.3 Å². The number of fused-ring (bicyclic) bond motifs is 1. The molecule has 3 rings (SSSR count). The summed E-state index contributed by atoms with van der Waals surface area (Å²) in [6, 6.07) is 12.7. The Balaban J connectivity index is 1.90. The van der Waals surface area contributed by atoms with E-state index in [2.05, 4.69) is 33.4 Å². The molecule has 0 radical (unpaired) electrons. The summed E-state index contributed by atoms with van der Waals surface area (Å²) >= 11 is 3.48. The molecule has 1 atom stereocenters. The first-order valence-corrected chi connectivity index (χ1v) is 7.21. The van der Waals surface area contributed by atoms with Crippen molar-refractivity contribution in [3.8, 4) is 6.07 Å². The Bertz CT molecular complexity index is 706. The Hall–Kier alpha value is -1.86. The summed E-state index contributed by atoms with van der Waals surface area (Å²) in [5, 5.41) is 12.4. The molecular weight excluding hydrogens is 319 g/mol. The van der Waals surface area contributed by atoms with Crippen LogP contribution < -0.4 is 5.32 Å². The zero-order valence-electron chi connectivity index (χ0n) is 10.7. The van der Waals surface area contributed by atoms with Gasteiger partial charge < -0.3 is 5.32 Å². The quantitative estimate of drug-likeness (QED) is 0.876. The highest BCUT2D eigenvalue weighted by Crippen LogP contribution is 2.36. The molecule has 100 valence electrons. The number of hydrogen-bond donors (Lipinski definition) is 1. The minimum Gasteiger partial charge on any atom is -0.377 e. The van der Waals surface area contributed by atoms with E-state index in [1.807, 2.05) is 12.1 Å². The highest BCUT2D eigenvalue weighted by molar-refractivity contribution is 9.10. The van der Waals surface area contributed by atoms with Crippen molar-refractivity contribution in [1.82, 2.24) is 0 Å². The van der Waals surface area contributed by atoms with Gasteiger partial charge in [0, 0.05) is 4.47 Å². The van der Waals surface area contributed by atoms with Crippen LogP contribution in [0.1, 0.15) is 29.2 Å². The third kappa shape index (κ3) is 2.41. The van der Waals surface area contributed by atoms with E-state index >= 15 is 0 Å². The van der Waals surface area contributed by atoms with Crippen LogP contribution in [0.2, 0.25) is 0 Å². The number of nitrogens with one attached hydrogen (secondary N) is 1. The van der Waals surface area contributed by atoms with Crippen molar-refractivity contribution in [2.24, 2.45) is 0 Å². The van der Waals surface area contributed by atoms with Crippen LogP contribution in [0, 0.1) is 17.1 Å². The highest BCUT2D eigenvalue weighted by atomic mass is 79.9. The molecule has 0 fully saturated rings. The van der Waals surface area contributed by atoms with Crippen molar-refractivity contribution in [1.29, 1.82) is 5.26 Å². The van der Waals surface area contributed by atoms with Crippen LogP contribution in [0.5, 0.6) is 0 Å². The van der Waals surface area contributed by atoms with Crippen molar-refractivity contribution >= 4 is 21.6 Å². The lowest BCUT2D eigenvalue weighted by Crippen LogP contribution is -2.08. The minimum absolute atomic E-state index is 0.177. The monoisotopic (exact) mass is 330 g/mol. The van der Waals surface area contributed by atoms with Gasteiger partial charge in [0.1, 0.15) is 11.9 Å². The van der Waals surface area contributed by atoms with Crippen LogP contribution in [0.4, 0.5) is 10.1 Å². The number of hydrogen-bond acceptors (Lipinski definition) is 2. The van der Waals surface area contributed by atoms with Gasteiger partial charge in [0.2, 0.25) is 0 Å². The summed E-state index contributed by atoms with van der Waals surface area (Å²) in [7, 11) is 0. The molecule has 2 aromatic carbocycles. The highest BCUT2D eigenvalue weighted by Gasteiger charge is 2.23. The number of benzene rings is 2. The normalized spacial score (nSPS) is 16.6. The summed E-state index contributed by atoms with van der Waals surface area (Å²) in [5.41, 5.74) is 3.60. The minimum atomic E-state index is -0.386. The maximum absolute atomic E-state index is 13.1. The molecule has 1 N–H and O–H groups in total. The van der Waals surface area contributed by atoms with Gasteiger partial charge in [0.25, 0.3) is 0 Å². The molecule has 1 aliphatic carbocycles. The molecule has 0 saturated heterocycles. The third-order valence-corrected chi connectivity index (χ3v) is 4.11. The van der Waals surface area contributed by atoms with E-state index in [-0.39, 0.29) is 11.9 Å². The Labute approximate surface area is 125 Å². The van der Waals surface area contributed by atoms with Crippen LogP contribution in [-0.2, 0) is 6.42 Å². The number of nitrogens with zero attached hydrogens (tertiary/aromatic N) is 1. The molecular formula is C16H12BrFN2. The predicted molar refractivity (Wildman–Crippen MR) is 79.9 cm³/mol. The number of rotatable bonds is 2. The second-order valence-corrected chi connectivity index (χ2v) is 5.80. The average Bonchev–Trinajstić information content (AvgIpc) is 2.83. The molecule has 1 aliphatic rings. The van der Waals surface area contributed by atoms with Gasteiger partial charge in [0.15, 0.2) is 0 Å². The third-order valence-electron chi connectivity index (χ3n) is 3.61. The predicted octanol–water partition coefficient (Wildman–Crippen LogP) is 4.56. The Morgan fingerprint density at radius 1 is 1.25 bits per heavy atom. The first kappa shape index (κ1) is 13.1. The fourth-order valence-corrected chi connectivity index (χ4v) is 3.07. The summed E-state index contributed by atoms with van der Waals surface area (Å²) < 4.78 is 14.2. The van der Waals surface area contributed by atoms with E-state index in [1.54, 1.807) is 6.07 Å². The molecule has 0 aromatic heterocycles. The molecule has 4 heteroatoms. The molecule has 0 aliphatic heterocycles. The average molecular weight is 331 g/mol. The SMILES string of the molecule is N#Cc1cc(F)ccc1NC1CCc2cc(Br)ccc21. The second kappa shape index (κ2) is 5.26. The Morgan fingerprint density at radius 3 is 2.90 bits per heavy atom. The summed E-state index contributed by atoms with van der Waals surface area (Å²) in [5.74, 6) is -0.386. The van der Waals surface area contributed by atoms with E-state index in [0.717, 1.165) is 17.3 Å². The standard InChI is InChI=1S/C16H12BrFN2/c17-12-2-4-14-10(7-12)1-5-16(14)20-15-6-3-13(18)8-11(15)9-19/h2-4,6-8,16,20H,1,5H2. The maximum atomic E-state index is 13.1. The summed E-state index contributed by atoms with van der Waals surface area (Å²) in [4.78, 5) is 0. The lowest BCUT2D eigenvalue weighted by molar-refractivity contribution is 0.627. The lowest BCUT2D eigenvalue weighted by Gasteiger charge is -2.16. The number of nitriles is 1. The van der Waals surface area contributed by atoms with Gasteiger partial charge in [-0.3, -0.25) is 0 Å². The van der Waals surface area contributed by atoms with Gasteiger partial charge in [-0.05, 0) is 54.3 Å². The van der Waals surface area contributed by atoms with E-state index in [9.17, 15) is 4.39 Å². The topological polar surface area (TPSA) is 35.8 Å². The van der Waals surface area contributed by atoms with Crippen LogP contribution in [0.3, 0.4) is 0 Å². The van der Waals surface area contributed by atoms with Gasteiger partial charge >= 0.3 is 0 Å². The molecule has 20 heavy (non-hydrogen) atoms. The van der Waals surface area contributed by atoms with Crippen LogP contribution in [0.15, 0.2) is 40.9 Å². The van der Waals surface area contributed by atoms with Crippen LogP contribution >= 0.6 is 15.9 Å². The van der Waals surface area contributed by atoms with Gasteiger partial charge in [-0.25, -0.2) is 4.39 Å². The fraction of sp³-hybridized carbons (Fsp3) is 0.188. The zero-order chi connectivity index (χ0) is 14.1. The number of aryl methyl sites for hydroxylation is 1. The second-order valence-electron chi connectivity index (χ2n) is 4.88. The zero-order valence-corrected chi connectivity index (χ0v) is 12.2. The van der Waals surface area contributed by atoms with Gasteiger partial charge in [0.05, 0.1) is 17.3 Å². The van der Waals surface area contributed by atoms with E-state index < -0.39 is 0 Å². The molecule has 2 nitrogen and oxygen atoms in total. The fourth-order valence-electron chi connectivity index (χ4n) is 2.66. The molecule has 0 spiro atoms. The smallest absolute Gasteiger partial charge is 0.124 e. The van der Waals surface area contributed by atoms with Crippen LogP contribution in [0.25, 0.3) is 0 Å². The molecule has 0 saturated carbocycles. The van der Waals surface area contributed by atoms with Gasteiger partial charge in [-0.1, -0.05) is 22.0 Å². The van der Waals surface area contributed by atoms with Crippen LogP contribution in [-0.4, -0.2) is 0 Å². The van der Waals surface area contributed by atoms with Crippen molar-refractivity contribution in [2.75, 3.05) is 5.32 Å². The summed E-state index contributed by atoms with van der Waals surface area (Å²) in [6.07, 6.45) is 1.99. The maximum Gasteiger partial charge on any atom is 0.124 e. The van der Waals surface area contributed by atoms with Gasteiger partial charge in [-0.15, -0.1) is 0 Å². The van der Waals surface area contributed by atoms with E-state index in [4.69, 9.17) is 5.26 Å². The first-order chi connectivity index (χ1) is 9.67. The first-order valence-electron chi connectivity index (χ1n) is 6.42. The van der Waals surface area contributed by atoms with Crippen molar-refractivity contribution in [3.05, 3.63) is 63.4 Å². The Morgan fingerprint density at radius 2 is 2.10 bits per heavy atom. The lowest BCUT2D eigenvalue weighted by atomic mass is 10.1. The largest absolute Gasteiger partial charge is 0.377 e.